The SMILES string of the molecule is O=C(NCc1ccccc1O)c1ccnc(Br)c1. The number of hydrogen-bond donors (Lipinski definition) is 2. The van der Waals surface area contributed by atoms with Crippen molar-refractivity contribution in [3.05, 3.63) is 58.3 Å². The second-order valence-corrected chi connectivity index (χ2v) is 4.49. The zero-order valence-corrected chi connectivity index (χ0v) is 11.0. The van der Waals surface area contributed by atoms with Crippen molar-refractivity contribution in [2.24, 2.45) is 0 Å². The van der Waals surface area contributed by atoms with E-state index in [0.29, 0.717) is 15.7 Å². The van der Waals surface area contributed by atoms with Gasteiger partial charge in [-0.3, -0.25) is 4.79 Å². The van der Waals surface area contributed by atoms with E-state index in [1.165, 1.54) is 0 Å². The number of halogens is 1. The lowest BCUT2D eigenvalue weighted by atomic mass is 10.2. The summed E-state index contributed by atoms with van der Waals surface area (Å²) in [5.74, 6) is -0.0324. The van der Waals surface area contributed by atoms with Crippen LogP contribution in [-0.4, -0.2) is 16.0 Å². The summed E-state index contributed by atoms with van der Waals surface area (Å²) in [6, 6.07) is 10.2. The molecule has 0 atom stereocenters. The van der Waals surface area contributed by atoms with Crippen molar-refractivity contribution in [1.29, 1.82) is 0 Å². The minimum Gasteiger partial charge on any atom is -0.508 e. The van der Waals surface area contributed by atoms with Gasteiger partial charge in [-0.05, 0) is 34.1 Å². The molecule has 0 saturated heterocycles. The monoisotopic (exact) mass is 306 g/mol. The van der Waals surface area contributed by atoms with Gasteiger partial charge in [0.05, 0.1) is 0 Å². The molecular weight excluding hydrogens is 296 g/mol. The van der Waals surface area contributed by atoms with Crippen LogP contribution in [0.2, 0.25) is 0 Å². The van der Waals surface area contributed by atoms with Crippen molar-refractivity contribution < 1.29 is 9.90 Å². The van der Waals surface area contributed by atoms with Gasteiger partial charge in [-0.25, -0.2) is 4.98 Å². The molecular formula is C13H11BrN2O2. The normalized spacial score (nSPS) is 10.1. The maximum absolute atomic E-state index is 11.8. The summed E-state index contributed by atoms with van der Waals surface area (Å²) in [7, 11) is 0. The number of carbonyl (C=O) groups excluding carboxylic acids is 1. The topological polar surface area (TPSA) is 62.2 Å². The van der Waals surface area contributed by atoms with Crippen molar-refractivity contribution in [3.63, 3.8) is 0 Å². The van der Waals surface area contributed by atoms with E-state index in [0.717, 1.165) is 0 Å². The Kier molecular flexibility index (Phi) is 3.94. The van der Waals surface area contributed by atoms with Crippen molar-refractivity contribution in [2.75, 3.05) is 0 Å². The molecule has 0 spiro atoms. The Bertz CT molecular complexity index is 572. The highest BCUT2D eigenvalue weighted by atomic mass is 79.9. The van der Waals surface area contributed by atoms with Crippen LogP contribution in [0.1, 0.15) is 15.9 Å². The number of nitrogens with zero attached hydrogens (tertiary/aromatic N) is 1. The number of rotatable bonds is 3. The smallest absolute Gasteiger partial charge is 0.251 e. The average Bonchev–Trinajstić information content (AvgIpc) is 2.37. The summed E-state index contributed by atoms with van der Waals surface area (Å²) in [5, 5.41) is 12.3. The fraction of sp³-hybridized carbons (Fsp3) is 0.0769. The Balaban J connectivity index is 2.03. The number of para-hydroxylation sites is 1. The van der Waals surface area contributed by atoms with Gasteiger partial charge in [-0.15, -0.1) is 0 Å². The van der Waals surface area contributed by atoms with E-state index in [2.05, 4.69) is 26.2 Å². The van der Waals surface area contributed by atoms with Crippen LogP contribution in [0.15, 0.2) is 47.2 Å². The fourth-order valence-corrected chi connectivity index (χ4v) is 1.85. The highest BCUT2D eigenvalue weighted by molar-refractivity contribution is 9.10. The maximum atomic E-state index is 11.8. The molecule has 0 aliphatic heterocycles. The van der Waals surface area contributed by atoms with Gasteiger partial charge >= 0.3 is 0 Å². The summed E-state index contributed by atoms with van der Waals surface area (Å²) in [4.78, 5) is 15.8. The Hall–Kier alpha value is -1.88. The first-order valence-electron chi connectivity index (χ1n) is 5.33. The molecule has 1 aromatic heterocycles. The molecule has 2 N–H and O–H groups in total. The first-order chi connectivity index (χ1) is 8.66. The third-order valence-electron chi connectivity index (χ3n) is 2.42. The summed E-state index contributed by atoms with van der Waals surface area (Å²) in [6.07, 6.45) is 1.55. The van der Waals surface area contributed by atoms with Crippen molar-refractivity contribution in [2.45, 2.75) is 6.54 Å². The van der Waals surface area contributed by atoms with Crippen LogP contribution in [0.4, 0.5) is 0 Å². The first-order valence-corrected chi connectivity index (χ1v) is 6.13. The molecule has 0 radical (unpaired) electrons. The standard InChI is InChI=1S/C13H11BrN2O2/c14-12-7-9(5-6-15-12)13(18)16-8-10-3-1-2-4-11(10)17/h1-7,17H,8H2,(H,16,18). The molecule has 0 fully saturated rings. The Morgan fingerprint density at radius 2 is 2.11 bits per heavy atom. The lowest BCUT2D eigenvalue weighted by molar-refractivity contribution is 0.0950. The number of phenols is 1. The molecule has 4 nitrogen and oxygen atoms in total. The molecule has 1 aromatic carbocycles. The second kappa shape index (κ2) is 5.64. The van der Waals surface area contributed by atoms with Crippen molar-refractivity contribution in [3.8, 4) is 5.75 Å². The Morgan fingerprint density at radius 3 is 2.83 bits per heavy atom. The number of aromatic hydroxyl groups is 1. The molecule has 5 heteroatoms. The summed E-state index contributed by atoms with van der Waals surface area (Å²) < 4.78 is 0.609. The minimum atomic E-state index is -0.207. The molecule has 1 amide bonds. The average molecular weight is 307 g/mol. The molecule has 0 unspecified atom stereocenters. The quantitative estimate of drug-likeness (QED) is 0.856. The van der Waals surface area contributed by atoms with E-state index in [1.54, 1.807) is 36.5 Å². The summed E-state index contributed by atoms with van der Waals surface area (Å²) >= 11 is 3.21. The van der Waals surface area contributed by atoms with Crippen LogP contribution in [0.5, 0.6) is 5.75 Å². The predicted octanol–water partition coefficient (Wildman–Crippen LogP) is 2.48. The molecule has 0 saturated carbocycles. The lowest BCUT2D eigenvalue weighted by Gasteiger charge is -2.07. The third kappa shape index (κ3) is 3.07. The number of amides is 1. The van der Waals surface area contributed by atoms with E-state index >= 15 is 0 Å². The van der Waals surface area contributed by atoms with Gasteiger partial charge in [0.2, 0.25) is 0 Å². The van der Waals surface area contributed by atoms with Gasteiger partial charge < -0.3 is 10.4 Å². The van der Waals surface area contributed by atoms with Crippen LogP contribution in [0.25, 0.3) is 0 Å². The van der Waals surface area contributed by atoms with E-state index in [9.17, 15) is 9.90 Å². The molecule has 0 bridgehead atoms. The van der Waals surface area contributed by atoms with Crippen molar-refractivity contribution >= 4 is 21.8 Å². The van der Waals surface area contributed by atoms with E-state index in [1.807, 2.05) is 6.07 Å². The minimum absolute atomic E-state index is 0.175. The molecule has 92 valence electrons. The number of phenolic OH excluding ortho intramolecular Hbond substituents is 1. The van der Waals surface area contributed by atoms with Gasteiger partial charge in [0.15, 0.2) is 0 Å². The molecule has 0 aliphatic rings. The number of nitrogens with one attached hydrogen (secondary N) is 1. The molecule has 2 rings (SSSR count). The number of aromatic nitrogens is 1. The van der Waals surface area contributed by atoms with Crippen molar-refractivity contribution in [1.82, 2.24) is 10.3 Å². The zero-order chi connectivity index (χ0) is 13.0. The van der Waals surface area contributed by atoms with Crippen LogP contribution in [-0.2, 0) is 6.54 Å². The fourth-order valence-electron chi connectivity index (χ4n) is 1.48. The Morgan fingerprint density at radius 1 is 1.33 bits per heavy atom. The molecule has 18 heavy (non-hydrogen) atoms. The van der Waals surface area contributed by atoms with Gasteiger partial charge in [0, 0.05) is 23.9 Å². The van der Waals surface area contributed by atoms with Crippen LogP contribution in [0.3, 0.4) is 0 Å². The van der Waals surface area contributed by atoms with E-state index in [4.69, 9.17) is 0 Å². The van der Waals surface area contributed by atoms with Gasteiger partial charge in [0.1, 0.15) is 10.4 Å². The van der Waals surface area contributed by atoms with Crippen LogP contribution >= 0.6 is 15.9 Å². The highest BCUT2D eigenvalue weighted by Crippen LogP contribution is 2.15. The largest absolute Gasteiger partial charge is 0.508 e. The number of hydrogen-bond acceptors (Lipinski definition) is 3. The second-order valence-electron chi connectivity index (χ2n) is 3.68. The third-order valence-corrected chi connectivity index (χ3v) is 2.85. The summed E-state index contributed by atoms with van der Waals surface area (Å²) in [6.45, 7) is 0.283. The van der Waals surface area contributed by atoms with Gasteiger partial charge in [-0.1, -0.05) is 18.2 Å². The molecule has 2 aromatic rings. The number of carbonyl (C=O) groups is 1. The summed E-state index contributed by atoms with van der Waals surface area (Å²) in [5.41, 5.74) is 1.20. The van der Waals surface area contributed by atoms with Crippen LogP contribution < -0.4 is 5.32 Å². The van der Waals surface area contributed by atoms with Gasteiger partial charge in [-0.2, -0.15) is 0 Å². The first kappa shape index (κ1) is 12.6. The predicted molar refractivity (Wildman–Crippen MR) is 71.2 cm³/mol. The number of benzene rings is 1. The lowest BCUT2D eigenvalue weighted by Crippen LogP contribution is -2.22. The zero-order valence-electron chi connectivity index (χ0n) is 9.43. The molecule has 0 aliphatic carbocycles. The van der Waals surface area contributed by atoms with E-state index < -0.39 is 0 Å². The highest BCUT2D eigenvalue weighted by Gasteiger charge is 2.07. The number of pyridine rings is 1. The van der Waals surface area contributed by atoms with Gasteiger partial charge in [0.25, 0.3) is 5.91 Å². The Labute approximate surface area is 113 Å². The maximum Gasteiger partial charge on any atom is 0.251 e. The molecule has 1 heterocycles. The van der Waals surface area contributed by atoms with Crippen LogP contribution in [0, 0.1) is 0 Å². The van der Waals surface area contributed by atoms with E-state index in [-0.39, 0.29) is 18.2 Å².